The average molecular weight is 458 g/mol. The Bertz CT molecular complexity index is 856. The number of nitrogens with zero attached hydrogens (tertiary/aromatic N) is 4. The fraction of sp³-hybridized carbons (Fsp3) is 0.737. The third-order valence-electron chi connectivity index (χ3n) is 5.23. The van der Waals surface area contributed by atoms with E-state index in [0.717, 1.165) is 49.2 Å². The largest absolute Gasteiger partial charge is 0.388 e. The molecule has 0 spiro atoms. The highest BCUT2D eigenvalue weighted by Crippen LogP contribution is 2.37. The van der Waals surface area contributed by atoms with Gasteiger partial charge in [-0.2, -0.15) is 0 Å². The van der Waals surface area contributed by atoms with Crippen molar-refractivity contribution in [3.05, 3.63) is 22.8 Å². The number of aromatic nitrogens is 4. The molecule has 0 saturated carbocycles. The van der Waals surface area contributed by atoms with Crippen molar-refractivity contribution in [1.82, 2.24) is 20.6 Å². The van der Waals surface area contributed by atoms with Crippen LogP contribution >= 0.6 is 11.3 Å². The number of aliphatic hydroxyl groups is 1. The van der Waals surface area contributed by atoms with E-state index < -0.39 is 16.1 Å². The van der Waals surface area contributed by atoms with Crippen molar-refractivity contribution in [1.29, 1.82) is 0 Å². The van der Waals surface area contributed by atoms with Gasteiger partial charge in [-0.15, -0.1) is 16.4 Å². The first-order valence-corrected chi connectivity index (χ1v) is 13.0. The van der Waals surface area contributed by atoms with Crippen LogP contribution in [0.5, 0.6) is 0 Å². The summed E-state index contributed by atoms with van der Waals surface area (Å²) in [6.45, 7) is 3.07. The van der Waals surface area contributed by atoms with Gasteiger partial charge in [-0.05, 0) is 48.2 Å². The highest BCUT2D eigenvalue weighted by molar-refractivity contribution is 7.93. The smallest absolute Gasteiger partial charge is 0.236 e. The molecule has 0 aromatic carbocycles. The summed E-state index contributed by atoms with van der Waals surface area (Å²) in [6, 6.07) is 3.46. The summed E-state index contributed by atoms with van der Waals surface area (Å²) in [7, 11) is -3.34. The Morgan fingerprint density at radius 1 is 1.33 bits per heavy atom. The highest BCUT2D eigenvalue weighted by Gasteiger charge is 2.38. The molecule has 0 aliphatic carbocycles. The number of thiophene rings is 1. The Balaban J connectivity index is 1.49. The van der Waals surface area contributed by atoms with Crippen LogP contribution in [0.1, 0.15) is 68.7 Å². The van der Waals surface area contributed by atoms with E-state index in [2.05, 4.69) is 27.5 Å². The minimum Gasteiger partial charge on any atom is -0.388 e. The molecule has 1 aliphatic rings. The number of tetrazole rings is 1. The van der Waals surface area contributed by atoms with Crippen LogP contribution in [0.2, 0.25) is 0 Å². The lowest BCUT2D eigenvalue weighted by molar-refractivity contribution is 0.119. The zero-order valence-electron chi connectivity index (χ0n) is 17.4. The fourth-order valence-electron chi connectivity index (χ4n) is 3.57. The van der Waals surface area contributed by atoms with Crippen molar-refractivity contribution < 1.29 is 18.3 Å². The Hall–Kier alpha value is -1.56. The van der Waals surface area contributed by atoms with Crippen molar-refractivity contribution in [3.63, 3.8) is 0 Å². The molecule has 0 radical (unpaired) electrons. The highest BCUT2D eigenvalue weighted by atomic mass is 32.2. The number of sulfonamides is 1. The molecule has 2 atom stereocenters. The molecule has 1 aliphatic heterocycles. The molecule has 3 heterocycles. The van der Waals surface area contributed by atoms with E-state index in [-0.39, 0.29) is 11.8 Å². The second-order valence-corrected chi connectivity index (χ2v) is 10.7. The van der Waals surface area contributed by atoms with Gasteiger partial charge in [0.1, 0.15) is 10.8 Å². The summed E-state index contributed by atoms with van der Waals surface area (Å²) < 4.78 is 32.5. The van der Waals surface area contributed by atoms with E-state index in [0.29, 0.717) is 31.1 Å². The van der Waals surface area contributed by atoms with E-state index in [9.17, 15) is 13.5 Å². The van der Waals surface area contributed by atoms with Crippen molar-refractivity contribution in [2.45, 2.75) is 70.4 Å². The SMILES string of the molecule is CCCCCC(O)c1ccc(N2C(COCCCCc3nnn[nH]3)CCS2(=O)=O)s1. The molecule has 3 rings (SSSR count). The maximum Gasteiger partial charge on any atom is 0.236 e. The first kappa shape index (κ1) is 23.1. The summed E-state index contributed by atoms with van der Waals surface area (Å²) in [5, 5.41) is 24.7. The van der Waals surface area contributed by atoms with E-state index in [1.807, 2.05) is 12.1 Å². The first-order chi connectivity index (χ1) is 14.5. The molecule has 11 heteroatoms. The minimum atomic E-state index is -3.34. The van der Waals surface area contributed by atoms with Crippen LogP contribution in [0.15, 0.2) is 12.1 Å². The summed E-state index contributed by atoms with van der Waals surface area (Å²) in [5.41, 5.74) is 0. The number of nitrogens with one attached hydrogen (secondary N) is 1. The van der Waals surface area contributed by atoms with E-state index in [1.54, 1.807) is 0 Å². The Morgan fingerprint density at radius 3 is 2.97 bits per heavy atom. The molecule has 168 valence electrons. The summed E-state index contributed by atoms with van der Waals surface area (Å²) in [4.78, 5) is 0.824. The van der Waals surface area contributed by atoms with Crippen LogP contribution in [0, 0.1) is 0 Å². The van der Waals surface area contributed by atoms with Gasteiger partial charge in [0.25, 0.3) is 0 Å². The van der Waals surface area contributed by atoms with Crippen LogP contribution in [-0.4, -0.2) is 59.2 Å². The zero-order valence-corrected chi connectivity index (χ0v) is 19.0. The van der Waals surface area contributed by atoms with Gasteiger partial charge in [0.15, 0.2) is 0 Å². The molecule has 1 saturated heterocycles. The fourth-order valence-corrected chi connectivity index (χ4v) is 6.75. The van der Waals surface area contributed by atoms with Crippen LogP contribution in [-0.2, 0) is 21.2 Å². The van der Waals surface area contributed by atoms with Crippen molar-refractivity contribution in [2.75, 3.05) is 23.3 Å². The average Bonchev–Trinajstić information content (AvgIpc) is 3.45. The van der Waals surface area contributed by atoms with Gasteiger partial charge in [-0.25, -0.2) is 13.5 Å². The number of aryl methyl sites for hydroxylation is 1. The number of ether oxygens (including phenoxy) is 1. The second kappa shape index (κ2) is 11.2. The van der Waals surface area contributed by atoms with Crippen LogP contribution in [0.3, 0.4) is 0 Å². The molecule has 0 bridgehead atoms. The van der Waals surface area contributed by atoms with Crippen LogP contribution in [0.25, 0.3) is 0 Å². The van der Waals surface area contributed by atoms with Gasteiger partial charge in [0.05, 0.1) is 24.5 Å². The molecule has 2 aromatic rings. The molecule has 0 amide bonds. The minimum absolute atomic E-state index is 0.131. The first-order valence-electron chi connectivity index (χ1n) is 10.6. The van der Waals surface area contributed by atoms with Gasteiger partial charge in [0, 0.05) is 17.9 Å². The van der Waals surface area contributed by atoms with Crippen LogP contribution < -0.4 is 4.31 Å². The predicted molar refractivity (Wildman–Crippen MR) is 116 cm³/mol. The number of unbranched alkanes of at least 4 members (excludes halogenated alkanes) is 3. The number of hydrogen-bond acceptors (Lipinski definition) is 8. The number of aliphatic hydroxyl groups excluding tert-OH is 1. The monoisotopic (exact) mass is 457 g/mol. The molecule has 2 unspecified atom stereocenters. The van der Waals surface area contributed by atoms with Crippen LogP contribution in [0.4, 0.5) is 5.00 Å². The number of rotatable bonds is 13. The molecule has 30 heavy (non-hydrogen) atoms. The van der Waals surface area contributed by atoms with Gasteiger partial charge in [-0.1, -0.05) is 26.2 Å². The zero-order chi connectivity index (χ0) is 21.4. The topological polar surface area (TPSA) is 121 Å². The molecule has 2 N–H and O–H groups in total. The van der Waals surface area contributed by atoms with Gasteiger partial charge in [0.2, 0.25) is 10.0 Å². The number of anilines is 1. The lowest BCUT2D eigenvalue weighted by atomic mass is 10.1. The standard InChI is InChI=1S/C19H31N5O4S2/c1-2-3-4-7-16(25)17-9-10-19(29-17)24-15(11-13-30(24,26)27)14-28-12-6-5-8-18-20-22-23-21-18/h9-10,15-16,25H,2-8,11-14H2,1H3,(H,20,21,22,23). The van der Waals surface area contributed by atoms with Crippen molar-refractivity contribution in [3.8, 4) is 0 Å². The maximum absolute atomic E-state index is 12.6. The normalized spacial score (nSPS) is 19.4. The summed E-state index contributed by atoms with van der Waals surface area (Å²) in [6.07, 6.45) is 6.40. The van der Waals surface area contributed by atoms with Gasteiger partial charge < -0.3 is 9.84 Å². The van der Waals surface area contributed by atoms with Gasteiger partial charge in [-0.3, -0.25) is 4.31 Å². The maximum atomic E-state index is 12.6. The van der Waals surface area contributed by atoms with Crippen molar-refractivity contribution in [2.24, 2.45) is 0 Å². The lowest BCUT2D eigenvalue weighted by Crippen LogP contribution is -2.35. The predicted octanol–water partition coefficient (Wildman–Crippen LogP) is 2.82. The molecule has 1 fully saturated rings. The molecule has 9 nitrogen and oxygen atoms in total. The number of hydrogen-bond donors (Lipinski definition) is 2. The van der Waals surface area contributed by atoms with E-state index in [4.69, 9.17) is 4.74 Å². The van der Waals surface area contributed by atoms with Gasteiger partial charge >= 0.3 is 0 Å². The second-order valence-electron chi connectivity index (χ2n) is 7.62. The van der Waals surface area contributed by atoms with E-state index >= 15 is 0 Å². The third-order valence-corrected chi connectivity index (χ3v) is 8.38. The third kappa shape index (κ3) is 6.22. The molecular formula is C19H31N5O4S2. The number of H-pyrrole nitrogens is 1. The van der Waals surface area contributed by atoms with E-state index in [1.165, 1.54) is 15.6 Å². The lowest BCUT2D eigenvalue weighted by Gasteiger charge is -2.23. The summed E-state index contributed by atoms with van der Waals surface area (Å²) in [5.74, 6) is 0.889. The van der Waals surface area contributed by atoms with Crippen molar-refractivity contribution >= 4 is 26.4 Å². The summed E-state index contributed by atoms with van der Waals surface area (Å²) >= 11 is 1.37. The number of aromatic amines is 1. The quantitative estimate of drug-likeness (QED) is 0.444. The molecule has 2 aromatic heterocycles. The molecular weight excluding hydrogens is 426 g/mol. The Morgan fingerprint density at radius 2 is 2.20 bits per heavy atom. The Kier molecular flexibility index (Phi) is 8.61. The Labute approximate surface area is 181 Å².